The molecule has 1 aromatic rings. The number of ether oxygens (including phenoxy) is 1. The fraction of sp³-hybridized carbons (Fsp3) is 0.125. The molecule has 0 bridgehead atoms. The molecule has 0 aliphatic carbocycles. The summed E-state index contributed by atoms with van der Waals surface area (Å²) >= 11 is 0. The first-order valence-corrected chi connectivity index (χ1v) is 3.18. The average molecular weight is 175 g/mol. The Morgan fingerprint density at radius 3 is 2.33 bits per heavy atom. The molecule has 12 heavy (non-hydrogen) atoms. The van der Waals surface area contributed by atoms with E-state index in [0.717, 1.165) is 0 Å². The first-order valence-electron chi connectivity index (χ1n) is 3.18. The van der Waals surface area contributed by atoms with Gasteiger partial charge in [0, 0.05) is 5.69 Å². The van der Waals surface area contributed by atoms with E-state index in [9.17, 15) is 4.79 Å². The molecule has 2 N–H and O–H groups in total. The normalized spacial score (nSPS) is 8.42. The molecular weight excluding hydrogens is 165 g/mol. The number of nitrogen functional groups attached to an aromatic ring is 1. The zero-order valence-corrected chi connectivity index (χ0v) is 9.20. The monoisotopic (exact) mass is 175 g/mol. The largest absolute Gasteiger partial charge is 1.00 e. The Morgan fingerprint density at radius 2 is 1.92 bits per heavy atom. The molecule has 0 saturated heterocycles. The molecule has 0 aromatic heterocycles. The number of hydrogen-bond acceptors (Lipinski definition) is 3. The maximum absolute atomic E-state index is 10.9. The second-order valence-electron chi connectivity index (χ2n) is 2.11. The second kappa shape index (κ2) is 5.19. The van der Waals surface area contributed by atoms with Gasteiger partial charge >= 0.3 is 35.5 Å². The first-order chi connectivity index (χ1) is 5.24. The number of carbonyl (C=O) groups is 1. The summed E-state index contributed by atoms with van der Waals surface area (Å²) in [5, 5.41) is 0. The Balaban J connectivity index is 0. The van der Waals surface area contributed by atoms with Gasteiger partial charge in [0.2, 0.25) is 0 Å². The number of benzene rings is 1. The molecule has 1 aromatic carbocycles. The number of nitrogens with two attached hydrogens (primary N) is 1. The van der Waals surface area contributed by atoms with Crippen LogP contribution in [0.25, 0.3) is 0 Å². The Hall–Kier alpha value is -0.510. The van der Waals surface area contributed by atoms with Crippen molar-refractivity contribution in [3.05, 3.63) is 29.8 Å². The number of anilines is 1. The van der Waals surface area contributed by atoms with Crippen LogP contribution in [0.15, 0.2) is 24.3 Å². The third kappa shape index (κ3) is 2.85. The summed E-state index contributed by atoms with van der Waals surface area (Å²) in [5.41, 5.74) is 6.57. The van der Waals surface area contributed by atoms with Crippen LogP contribution in [0.3, 0.4) is 0 Å². The summed E-state index contributed by atoms with van der Waals surface area (Å²) in [6.45, 7) is 0. The Morgan fingerprint density at radius 1 is 1.42 bits per heavy atom. The minimum atomic E-state index is -0.343. The molecule has 4 heteroatoms. The van der Waals surface area contributed by atoms with Gasteiger partial charge in [-0.15, -0.1) is 0 Å². The fourth-order valence-electron chi connectivity index (χ4n) is 0.737. The van der Waals surface area contributed by atoms with Gasteiger partial charge in [-0.25, -0.2) is 4.79 Å². The number of esters is 1. The maximum atomic E-state index is 10.9. The van der Waals surface area contributed by atoms with Crippen molar-refractivity contribution in [3.63, 3.8) is 0 Å². The van der Waals surface area contributed by atoms with Gasteiger partial charge in [-0.1, -0.05) is 0 Å². The molecule has 0 spiro atoms. The van der Waals surface area contributed by atoms with Crippen LogP contribution in [0.2, 0.25) is 0 Å². The molecule has 3 nitrogen and oxygen atoms in total. The van der Waals surface area contributed by atoms with E-state index in [2.05, 4.69) is 4.74 Å². The Kier molecular flexibility index (Phi) is 4.97. The van der Waals surface area contributed by atoms with E-state index in [-0.39, 0.29) is 37.0 Å². The van der Waals surface area contributed by atoms with E-state index >= 15 is 0 Å². The van der Waals surface area contributed by atoms with Crippen LogP contribution in [-0.4, -0.2) is 13.1 Å². The minimum Gasteiger partial charge on any atom is -1.00 e. The molecule has 0 amide bonds. The standard InChI is InChI=1S/C8H9NO2.Na.H/c1-11-8(10)6-2-4-7(9)5-3-6;;/h2-5H,9H2,1H3;;/q;+1;-1. The molecule has 1 rings (SSSR count). The van der Waals surface area contributed by atoms with Crippen molar-refractivity contribution in [2.45, 2.75) is 0 Å². The molecular formula is C8H10NNaO2. The van der Waals surface area contributed by atoms with Crippen LogP contribution in [0.4, 0.5) is 5.69 Å². The molecule has 60 valence electrons. The van der Waals surface area contributed by atoms with E-state index in [1.807, 2.05) is 0 Å². The van der Waals surface area contributed by atoms with Crippen LogP contribution in [0, 0.1) is 0 Å². The van der Waals surface area contributed by atoms with E-state index in [0.29, 0.717) is 11.3 Å². The summed E-state index contributed by atoms with van der Waals surface area (Å²) in [5.74, 6) is -0.343. The zero-order chi connectivity index (χ0) is 8.27. The van der Waals surface area contributed by atoms with Gasteiger partial charge in [-0.2, -0.15) is 0 Å². The summed E-state index contributed by atoms with van der Waals surface area (Å²) < 4.78 is 4.50. The fourth-order valence-corrected chi connectivity index (χ4v) is 0.737. The van der Waals surface area contributed by atoms with E-state index in [1.54, 1.807) is 24.3 Å². The molecule has 0 saturated carbocycles. The van der Waals surface area contributed by atoms with Crippen molar-refractivity contribution < 1.29 is 40.5 Å². The van der Waals surface area contributed by atoms with Crippen molar-refractivity contribution in [3.8, 4) is 0 Å². The third-order valence-corrected chi connectivity index (χ3v) is 1.33. The van der Waals surface area contributed by atoms with Crippen LogP contribution in [0.5, 0.6) is 0 Å². The van der Waals surface area contributed by atoms with Crippen LogP contribution < -0.4 is 35.3 Å². The second-order valence-corrected chi connectivity index (χ2v) is 2.11. The SMILES string of the molecule is COC(=O)c1ccc(N)cc1.[H-].[Na+]. The summed E-state index contributed by atoms with van der Waals surface area (Å²) in [6.07, 6.45) is 0. The van der Waals surface area contributed by atoms with Crippen LogP contribution in [-0.2, 0) is 4.74 Å². The minimum absolute atomic E-state index is 0. The summed E-state index contributed by atoms with van der Waals surface area (Å²) in [4.78, 5) is 10.9. The predicted molar refractivity (Wildman–Crippen MR) is 43.3 cm³/mol. The molecule has 0 heterocycles. The van der Waals surface area contributed by atoms with Crippen molar-refractivity contribution in [2.24, 2.45) is 0 Å². The van der Waals surface area contributed by atoms with Crippen molar-refractivity contribution in [1.29, 1.82) is 0 Å². The summed E-state index contributed by atoms with van der Waals surface area (Å²) in [6, 6.07) is 6.57. The zero-order valence-electron chi connectivity index (χ0n) is 8.20. The average Bonchev–Trinajstić information content (AvgIpc) is 2.05. The van der Waals surface area contributed by atoms with Gasteiger partial charge in [0.15, 0.2) is 0 Å². The van der Waals surface area contributed by atoms with E-state index in [1.165, 1.54) is 7.11 Å². The van der Waals surface area contributed by atoms with Gasteiger partial charge in [-0.3, -0.25) is 0 Å². The Labute approximate surface area is 94.7 Å². The summed E-state index contributed by atoms with van der Waals surface area (Å²) in [7, 11) is 1.35. The predicted octanol–water partition coefficient (Wildman–Crippen LogP) is -1.83. The van der Waals surface area contributed by atoms with Crippen molar-refractivity contribution in [1.82, 2.24) is 0 Å². The van der Waals surface area contributed by atoms with Gasteiger partial charge in [0.05, 0.1) is 12.7 Å². The number of rotatable bonds is 1. The van der Waals surface area contributed by atoms with Crippen molar-refractivity contribution >= 4 is 11.7 Å². The maximum Gasteiger partial charge on any atom is 1.00 e. The van der Waals surface area contributed by atoms with Crippen molar-refractivity contribution in [2.75, 3.05) is 12.8 Å². The third-order valence-electron chi connectivity index (χ3n) is 1.33. The first kappa shape index (κ1) is 11.5. The van der Waals surface area contributed by atoms with Gasteiger partial charge in [-0.05, 0) is 24.3 Å². The molecule has 0 atom stereocenters. The molecule has 0 aliphatic heterocycles. The van der Waals surface area contributed by atoms with Gasteiger partial charge in [0.25, 0.3) is 0 Å². The number of carbonyl (C=O) groups excluding carboxylic acids is 1. The number of methoxy groups -OCH3 is 1. The molecule has 0 fully saturated rings. The molecule has 0 aliphatic rings. The van der Waals surface area contributed by atoms with Crippen LogP contribution >= 0.6 is 0 Å². The quantitative estimate of drug-likeness (QED) is 0.310. The van der Waals surface area contributed by atoms with Gasteiger partial charge in [0.1, 0.15) is 0 Å². The topological polar surface area (TPSA) is 52.3 Å². The molecule has 0 unspecified atom stereocenters. The smallest absolute Gasteiger partial charge is 1.00 e. The van der Waals surface area contributed by atoms with E-state index < -0.39 is 0 Å². The van der Waals surface area contributed by atoms with Gasteiger partial charge < -0.3 is 11.9 Å². The van der Waals surface area contributed by atoms with E-state index in [4.69, 9.17) is 5.73 Å². The Bertz CT molecular complexity index is 263. The number of hydrogen-bond donors (Lipinski definition) is 1. The molecule has 0 radical (unpaired) electrons. The van der Waals surface area contributed by atoms with Crippen LogP contribution in [0.1, 0.15) is 11.8 Å².